The van der Waals surface area contributed by atoms with Crippen LogP contribution in [0.4, 0.5) is 0 Å². The van der Waals surface area contributed by atoms with Crippen LogP contribution in [-0.4, -0.2) is 21.9 Å². The lowest BCUT2D eigenvalue weighted by atomic mass is 9.51. The molecule has 3 fully saturated rings. The number of aliphatic hydroxyl groups excluding tert-OH is 1. The maximum absolute atomic E-state index is 11.2. The van der Waals surface area contributed by atoms with E-state index in [0.717, 1.165) is 43.4 Å². The number of hydrogen-bond acceptors (Lipinski definition) is 2. The molecule has 3 saturated carbocycles. The van der Waals surface area contributed by atoms with Gasteiger partial charge in [0, 0.05) is 0 Å². The monoisotopic (exact) mass is 304 g/mol. The summed E-state index contributed by atoms with van der Waals surface area (Å²) in [4.78, 5) is 0. The number of aliphatic hydroxyl groups is 2. The van der Waals surface area contributed by atoms with Gasteiger partial charge in [0.15, 0.2) is 0 Å². The maximum atomic E-state index is 11.2. The van der Waals surface area contributed by atoms with Crippen LogP contribution < -0.4 is 0 Å². The Morgan fingerprint density at radius 3 is 2.73 bits per heavy atom. The van der Waals surface area contributed by atoms with Crippen molar-refractivity contribution in [2.45, 2.75) is 83.3 Å². The van der Waals surface area contributed by atoms with Crippen molar-refractivity contribution < 1.29 is 10.2 Å². The Morgan fingerprint density at radius 2 is 1.95 bits per heavy atom. The molecule has 0 saturated heterocycles. The summed E-state index contributed by atoms with van der Waals surface area (Å²) in [5, 5.41) is 21.1. The number of hydrogen-bond donors (Lipinski definition) is 2. The van der Waals surface area contributed by atoms with Crippen molar-refractivity contribution in [3.63, 3.8) is 0 Å². The summed E-state index contributed by atoms with van der Waals surface area (Å²) in [5.74, 6) is 3.05. The van der Waals surface area contributed by atoms with Crippen molar-refractivity contribution in [3.05, 3.63) is 11.6 Å². The van der Waals surface area contributed by atoms with E-state index in [1.807, 2.05) is 0 Å². The Morgan fingerprint density at radius 1 is 1.14 bits per heavy atom. The Bertz CT molecular complexity index is 484. The lowest BCUT2D eigenvalue weighted by Gasteiger charge is -2.55. The van der Waals surface area contributed by atoms with Crippen LogP contribution in [0.15, 0.2) is 11.6 Å². The third-order valence-corrected chi connectivity index (χ3v) is 8.33. The van der Waals surface area contributed by atoms with Crippen LogP contribution in [0, 0.1) is 29.1 Å². The van der Waals surface area contributed by atoms with Crippen molar-refractivity contribution in [2.75, 3.05) is 0 Å². The molecule has 0 amide bonds. The average Bonchev–Trinajstić information content (AvgIpc) is 2.79. The van der Waals surface area contributed by atoms with Gasteiger partial charge in [-0.3, -0.25) is 0 Å². The van der Waals surface area contributed by atoms with E-state index in [1.54, 1.807) is 5.57 Å². The van der Waals surface area contributed by atoms with Crippen molar-refractivity contribution in [1.29, 1.82) is 0 Å². The first-order valence-electron chi connectivity index (χ1n) is 9.58. The van der Waals surface area contributed by atoms with Crippen LogP contribution in [0.1, 0.15) is 71.6 Å². The molecule has 2 heteroatoms. The van der Waals surface area contributed by atoms with E-state index in [2.05, 4.69) is 19.9 Å². The standard InChI is InChI=1S/C20H32O2/c1-3-20(22)11-9-18-17-6-4-13-12-14(21)5-7-15(13)16(17)8-10-19(18,20)2/h4,14-18,21-22H,3,5-12H2,1-2H3/t14-,15-,16+,17+,18-,19-,20-/m0/s1. The van der Waals surface area contributed by atoms with Gasteiger partial charge in [-0.2, -0.15) is 0 Å². The summed E-state index contributed by atoms with van der Waals surface area (Å²) in [7, 11) is 0. The smallest absolute Gasteiger partial charge is 0.0701 e. The minimum Gasteiger partial charge on any atom is -0.393 e. The minimum atomic E-state index is -0.421. The van der Waals surface area contributed by atoms with E-state index >= 15 is 0 Å². The average molecular weight is 304 g/mol. The van der Waals surface area contributed by atoms with Gasteiger partial charge in [0.2, 0.25) is 0 Å². The fourth-order valence-electron chi connectivity index (χ4n) is 6.94. The quantitative estimate of drug-likeness (QED) is 0.717. The predicted octanol–water partition coefficient (Wildman–Crippen LogP) is 4.06. The first-order valence-corrected chi connectivity index (χ1v) is 9.58. The summed E-state index contributed by atoms with van der Waals surface area (Å²) in [6, 6.07) is 0. The highest BCUT2D eigenvalue weighted by molar-refractivity contribution is 5.21. The van der Waals surface area contributed by atoms with Crippen LogP contribution in [-0.2, 0) is 0 Å². The molecule has 0 aromatic rings. The molecule has 0 radical (unpaired) electrons. The molecule has 124 valence electrons. The summed E-state index contributed by atoms with van der Waals surface area (Å²) in [6.07, 6.45) is 12.3. The molecule has 4 aliphatic rings. The molecule has 7 atom stereocenters. The van der Waals surface area contributed by atoms with Gasteiger partial charge in [-0.1, -0.05) is 25.5 Å². The molecular weight excluding hydrogens is 272 g/mol. The zero-order valence-electron chi connectivity index (χ0n) is 14.2. The van der Waals surface area contributed by atoms with E-state index in [9.17, 15) is 10.2 Å². The number of allylic oxidation sites excluding steroid dienone is 1. The molecule has 2 nitrogen and oxygen atoms in total. The van der Waals surface area contributed by atoms with Crippen LogP contribution in [0.2, 0.25) is 0 Å². The van der Waals surface area contributed by atoms with E-state index < -0.39 is 5.60 Å². The van der Waals surface area contributed by atoms with E-state index in [4.69, 9.17) is 0 Å². The molecule has 22 heavy (non-hydrogen) atoms. The largest absolute Gasteiger partial charge is 0.393 e. The zero-order chi connectivity index (χ0) is 15.5. The van der Waals surface area contributed by atoms with Crippen LogP contribution >= 0.6 is 0 Å². The summed E-state index contributed by atoms with van der Waals surface area (Å²) < 4.78 is 0. The van der Waals surface area contributed by atoms with Crippen LogP contribution in [0.3, 0.4) is 0 Å². The van der Waals surface area contributed by atoms with Crippen LogP contribution in [0.25, 0.3) is 0 Å². The van der Waals surface area contributed by atoms with Crippen molar-refractivity contribution in [2.24, 2.45) is 29.1 Å². The van der Waals surface area contributed by atoms with Crippen molar-refractivity contribution in [3.8, 4) is 0 Å². The van der Waals surface area contributed by atoms with Gasteiger partial charge < -0.3 is 10.2 Å². The first-order chi connectivity index (χ1) is 10.5. The summed E-state index contributed by atoms with van der Waals surface area (Å²) in [5.41, 5.74) is 1.28. The molecule has 0 unspecified atom stereocenters. The van der Waals surface area contributed by atoms with Gasteiger partial charge in [0.1, 0.15) is 0 Å². The normalized spacial score (nSPS) is 54.2. The van der Waals surface area contributed by atoms with Gasteiger partial charge in [0.25, 0.3) is 0 Å². The lowest BCUT2D eigenvalue weighted by molar-refractivity contribution is -0.116. The molecule has 4 aliphatic carbocycles. The van der Waals surface area contributed by atoms with Crippen LogP contribution in [0.5, 0.6) is 0 Å². The first kappa shape index (κ1) is 15.2. The fourth-order valence-corrected chi connectivity index (χ4v) is 6.94. The highest BCUT2D eigenvalue weighted by atomic mass is 16.3. The highest BCUT2D eigenvalue weighted by Crippen LogP contribution is 2.65. The summed E-state index contributed by atoms with van der Waals surface area (Å²) >= 11 is 0. The Hall–Kier alpha value is -0.340. The van der Waals surface area contributed by atoms with Gasteiger partial charge >= 0.3 is 0 Å². The van der Waals surface area contributed by atoms with E-state index in [0.29, 0.717) is 5.92 Å². The molecular formula is C20H32O2. The van der Waals surface area contributed by atoms with Gasteiger partial charge in [0.05, 0.1) is 11.7 Å². The Labute approximate surface area is 135 Å². The van der Waals surface area contributed by atoms with Crippen molar-refractivity contribution >= 4 is 0 Å². The molecule has 0 bridgehead atoms. The molecule has 2 N–H and O–H groups in total. The van der Waals surface area contributed by atoms with E-state index in [1.165, 1.54) is 32.1 Å². The topological polar surface area (TPSA) is 40.5 Å². The zero-order valence-corrected chi connectivity index (χ0v) is 14.2. The maximum Gasteiger partial charge on any atom is 0.0701 e. The molecule has 0 aliphatic heterocycles. The van der Waals surface area contributed by atoms with E-state index in [-0.39, 0.29) is 11.5 Å². The molecule has 0 aromatic carbocycles. The molecule has 0 aromatic heterocycles. The number of rotatable bonds is 1. The Balaban J connectivity index is 1.63. The summed E-state index contributed by atoms with van der Waals surface area (Å²) in [6.45, 7) is 4.55. The number of fused-ring (bicyclic) bond motifs is 5. The van der Waals surface area contributed by atoms with Crippen molar-refractivity contribution in [1.82, 2.24) is 0 Å². The van der Waals surface area contributed by atoms with Gasteiger partial charge in [-0.15, -0.1) is 0 Å². The fraction of sp³-hybridized carbons (Fsp3) is 0.900. The third-order valence-electron chi connectivity index (χ3n) is 8.33. The lowest BCUT2D eigenvalue weighted by Crippen LogP contribution is -2.52. The molecule has 0 heterocycles. The third kappa shape index (κ3) is 1.92. The SMILES string of the molecule is CC[C@]1(O)CC[C@H]2[C@@H]3CC=C4C[C@@H](O)CC[C@@H]4[C@H]3CC[C@@]21C. The molecule has 4 rings (SSSR count). The second-order valence-corrected chi connectivity index (χ2v) is 8.87. The second kappa shape index (κ2) is 5.08. The second-order valence-electron chi connectivity index (χ2n) is 8.87. The molecule has 0 spiro atoms. The Kier molecular flexibility index (Phi) is 3.51. The highest BCUT2D eigenvalue weighted by Gasteiger charge is 2.61. The predicted molar refractivity (Wildman–Crippen MR) is 88.3 cm³/mol. The minimum absolute atomic E-state index is 0.0930. The van der Waals surface area contributed by atoms with Gasteiger partial charge in [-0.05, 0) is 86.9 Å². The van der Waals surface area contributed by atoms with Gasteiger partial charge in [-0.25, -0.2) is 0 Å².